The summed E-state index contributed by atoms with van der Waals surface area (Å²) >= 11 is 6.28. The number of aliphatic hydroxyl groups excluding tert-OH is 2. The molecule has 172 valence electrons. The van der Waals surface area contributed by atoms with Gasteiger partial charge in [0.25, 0.3) is 0 Å². The molecule has 6 rings (SSSR count). The highest BCUT2D eigenvalue weighted by atomic mass is 35.5. The van der Waals surface area contributed by atoms with Crippen molar-refractivity contribution in [1.82, 2.24) is 24.8 Å². The molecular weight excluding hydrogens is 432 g/mol. The SMILES string of the molecule is CC1(C(=O)NC2CC2)C[C@@H](n2cnc3c(NC4CC5CCC4C5)nc(Cl)nc32)[C@H](O)[C@@H]1O. The Hall–Kier alpha value is -1.97. The van der Waals surface area contributed by atoms with Crippen LogP contribution in [0.15, 0.2) is 6.33 Å². The van der Waals surface area contributed by atoms with E-state index in [1.165, 1.54) is 19.3 Å². The van der Waals surface area contributed by atoms with E-state index in [-0.39, 0.29) is 23.7 Å². The standard InChI is InChI=1S/C22H29ClN6O3/c1-22(20(32)25-12-4-5-12)8-14(16(30)17(22)31)29-9-24-15-18(27-21(23)28-19(15)29)26-13-7-10-2-3-11(13)6-10/h9-14,16-17,30-31H,2-8H2,1H3,(H,25,32)(H,26,27,28)/t10?,11?,13?,14-,16+,17+,22?/m1/s1. The number of aromatic nitrogens is 4. The third-order valence-electron chi connectivity index (χ3n) is 8.25. The van der Waals surface area contributed by atoms with E-state index in [4.69, 9.17) is 11.6 Å². The smallest absolute Gasteiger partial charge is 0.228 e. The highest BCUT2D eigenvalue weighted by molar-refractivity contribution is 6.28. The Morgan fingerprint density at radius 2 is 2.03 bits per heavy atom. The first-order chi connectivity index (χ1) is 15.3. The number of fused-ring (bicyclic) bond motifs is 3. The van der Waals surface area contributed by atoms with Crippen molar-refractivity contribution in [3.63, 3.8) is 0 Å². The predicted molar refractivity (Wildman–Crippen MR) is 118 cm³/mol. The molecule has 0 aromatic carbocycles. The third kappa shape index (κ3) is 3.20. The fraction of sp³-hybridized carbons (Fsp3) is 0.727. The number of hydrogen-bond acceptors (Lipinski definition) is 7. The highest BCUT2D eigenvalue weighted by Crippen LogP contribution is 2.47. The number of hydrogen-bond donors (Lipinski definition) is 4. The molecule has 4 aliphatic carbocycles. The number of rotatable bonds is 5. The summed E-state index contributed by atoms with van der Waals surface area (Å²) in [6.45, 7) is 1.71. The van der Waals surface area contributed by atoms with Crippen LogP contribution in [0.4, 0.5) is 5.82 Å². The van der Waals surface area contributed by atoms with Crippen LogP contribution in [0.25, 0.3) is 11.2 Å². The second-order valence-electron chi connectivity index (χ2n) is 10.5. The molecule has 2 heterocycles. The minimum Gasteiger partial charge on any atom is -0.389 e. The number of anilines is 1. The zero-order valence-electron chi connectivity index (χ0n) is 18.0. The minimum atomic E-state index is -1.19. The van der Waals surface area contributed by atoms with Gasteiger partial charge < -0.3 is 25.4 Å². The number of carbonyl (C=O) groups is 1. The zero-order valence-corrected chi connectivity index (χ0v) is 18.8. The summed E-state index contributed by atoms with van der Waals surface area (Å²) in [5.74, 6) is 1.84. The topological polar surface area (TPSA) is 125 Å². The lowest BCUT2D eigenvalue weighted by Gasteiger charge is -2.27. The Bertz CT molecular complexity index is 1070. The maximum Gasteiger partial charge on any atom is 0.228 e. The lowest BCUT2D eigenvalue weighted by molar-refractivity contribution is -0.137. The second kappa shape index (κ2) is 7.27. The van der Waals surface area contributed by atoms with E-state index in [1.807, 2.05) is 0 Å². The average molecular weight is 461 g/mol. The number of nitrogens with one attached hydrogen (secondary N) is 2. The van der Waals surface area contributed by atoms with Gasteiger partial charge >= 0.3 is 0 Å². The molecule has 2 aromatic rings. The van der Waals surface area contributed by atoms with Crippen LogP contribution in [0.1, 0.15) is 57.9 Å². The normalized spacial score (nSPS) is 38.5. The molecule has 0 radical (unpaired) electrons. The summed E-state index contributed by atoms with van der Waals surface area (Å²) in [5, 5.41) is 28.3. The van der Waals surface area contributed by atoms with Gasteiger partial charge in [-0.1, -0.05) is 6.42 Å². The molecule has 32 heavy (non-hydrogen) atoms. The van der Waals surface area contributed by atoms with Crippen molar-refractivity contribution in [1.29, 1.82) is 0 Å². The maximum absolute atomic E-state index is 12.9. The first-order valence-electron chi connectivity index (χ1n) is 11.7. The van der Waals surface area contributed by atoms with Crippen LogP contribution in [-0.4, -0.2) is 59.9 Å². The quantitative estimate of drug-likeness (QED) is 0.503. The van der Waals surface area contributed by atoms with E-state index in [2.05, 4.69) is 25.6 Å². The van der Waals surface area contributed by atoms with Gasteiger partial charge in [0.1, 0.15) is 6.10 Å². The Morgan fingerprint density at radius 3 is 2.72 bits per heavy atom. The number of aliphatic hydroxyl groups is 2. The van der Waals surface area contributed by atoms with E-state index in [1.54, 1.807) is 17.8 Å². The molecule has 0 spiro atoms. The molecule has 2 bridgehead atoms. The van der Waals surface area contributed by atoms with Gasteiger partial charge in [-0.05, 0) is 68.9 Å². The van der Waals surface area contributed by atoms with E-state index in [0.717, 1.165) is 25.2 Å². The zero-order chi connectivity index (χ0) is 22.2. The molecule has 0 saturated heterocycles. The van der Waals surface area contributed by atoms with Crippen molar-refractivity contribution < 1.29 is 15.0 Å². The Balaban J connectivity index is 1.31. The first kappa shape index (κ1) is 20.6. The van der Waals surface area contributed by atoms with E-state index in [0.29, 0.717) is 28.9 Å². The van der Waals surface area contributed by atoms with Gasteiger partial charge in [0, 0.05) is 12.1 Å². The van der Waals surface area contributed by atoms with Gasteiger partial charge in [-0.15, -0.1) is 0 Å². The summed E-state index contributed by atoms with van der Waals surface area (Å²) in [6.07, 6.45) is 6.44. The summed E-state index contributed by atoms with van der Waals surface area (Å²) in [5.41, 5.74) is -0.00165. The van der Waals surface area contributed by atoms with Gasteiger partial charge in [0.2, 0.25) is 11.2 Å². The van der Waals surface area contributed by atoms with Gasteiger partial charge in [-0.2, -0.15) is 9.97 Å². The number of imidazole rings is 1. The fourth-order valence-corrected chi connectivity index (χ4v) is 6.33. The van der Waals surface area contributed by atoms with Crippen molar-refractivity contribution in [2.75, 3.05) is 5.32 Å². The molecule has 7 atom stereocenters. The van der Waals surface area contributed by atoms with Crippen LogP contribution in [0, 0.1) is 17.3 Å². The molecule has 0 aliphatic heterocycles. The molecule has 4 saturated carbocycles. The van der Waals surface area contributed by atoms with Crippen molar-refractivity contribution in [3.8, 4) is 0 Å². The largest absolute Gasteiger partial charge is 0.389 e. The third-order valence-corrected chi connectivity index (χ3v) is 8.42. The fourth-order valence-electron chi connectivity index (χ4n) is 6.16. The molecule has 4 unspecified atom stereocenters. The molecular formula is C22H29ClN6O3. The van der Waals surface area contributed by atoms with Crippen molar-refractivity contribution in [3.05, 3.63) is 11.6 Å². The van der Waals surface area contributed by atoms with Gasteiger partial charge in [-0.25, -0.2) is 4.98 Å². The van der Waals surface area contributed by atoms with Crippen molar-refractivity contribution in [2.24, 2.45) is 17.3 Å². The first-order valence-corrected chi connectivity index (χ1v) is 12.0. The Kier molecular flexibility index (Phi) is 4.68. The van der Waals surface area contributed by atoms with E-state index in [9.17, 15) is 15.0 Å². The van der Waals surface area contributed by atoms with Crippen LogP contribution in [0.2, 0.25) is 5.28 Å². The number of amides is 1. The molecule has 1 amide bonds. The number of halogens is 1. The molecule has 4 N–H and O–H groups in total. The van der Waals surface area contributed by atoms with Crippen LogP contribution in [0.5, 0.6) is 0 Å². The lowest BCUT2D eigenvalue weighted by Crippen LogP contribution is -2.47. The molecule has 9 nitrogen and oxygen atoms in total. The number of nitrogens with zero attached hydrogens (tertiary/aromatic N) is 4. The molecule has 2 aromatic heterocycles. The van der Waals surface area contributed by atoms with Crippen LogP contribution < -0.4 is 10.6 Å². The highest BCUT2D eigenvalue weighted by Gasteiger charge is 2.55. The van der Waals surface area contributed by atoms with Gasteiger partial charge in [-0.3, -0.25) is 4.79 Å². The van der Waals surface area contributed by atoms with Crippen molar-refractivity contribution in [2.45, 2.75) is 82.2 Å². The molecule has 4 fully saturated rings. The minimum absolute atomic E-state index is 0.104. The predicted octanol–water partition coefficient (Wildman–Crippen LogP) is 2.03. The average Bonchev–Trinajstić information content (AvgIpc) is 3.09. The molecule has 10 heteroatoms. The van der Waals surface area contributed by atoms with Crippen molar-refractivity contribution >= 4 is 34.5 Å². The van der Waals surface area contributed by atoms with E-state index >= 15 is 0 Å². The molecule has 4 aliphatic rings. The summed E-state index contributed by atoms with van der Waals surface area (Å²) in [4.78, 5) is 26.2. The Morgan fingerprint density at radius 1 is 1.22 bits per heavy atom. The summed E-state index contributed by atoms with van der Waals surface area (Å²) in [7, 11) is 0. The Labute approximate surface area is 191 Å². The van der Waals surface area contributed by atoms with Gasteiger partial charge in [0.05, 0.1) is 23.9 Å². The summed E-state index contributed by atoms with van der Waals surface area (Å²) in [6, 6.07) is -0.00420. The maximum atomic E-state index is 12.9. The van der Waals surface area contributed by atoms with Crippen LogP contribution >= 0.6 is 11.6 Å². The van der Waals surface area contributed by atoms with Crippen LogP contribution in [-0.2, 0) is 4.79 Å². The van der Waals surface area contributed by atoms with E-state index < -0.39 is 23.7 Å². The summed E-state index contributed by atoms with van der Waals surface area (Å²) < 4.78 is 1.73. The second-order valence-corrected chi connectivity index (χ2v) is 10.8. The van der Waals surface area contributed by atoms with Crippen LogP contribution in [0.3, 0.4) is 0 Å². The lowest BCUT2D eigenvalue weighted by atomic mass is 9.85. The monoisotopic (exact) mass is 460 g/mol. The number of carbonyl (C=O) groups excluding carboxylic acids is 1. The van der Waals surface area contributed by atoms with Gasteiger partial charge in [0.15, 0.2) is 17.0 Å².